The molecular formula is C15H19BrFNO2. The Bertz CT molecular complexity index is 485. The number of likely N-dealkylation sites (tertiary alicyclic amines) is 1. The molecule has 0 spiro atoms. The molecule has 1 fully saturated rings. The van der Waals surface area contributed by atoms with Crippen LogP contribution in [0.25, 0.3) is 0 Å². The molecule has 0 aliphatic carbocycles. The topological polar surface area (TPSA) is 29.5 Å². The van der Waals surface area contributed by atoms with Gasteiger partial charge in [0.15, 0.2) is 6.61 Å². The lowest BCUT2D eigenvalue weighted by Crippen LogP contribution is -2.44. The van der Waals surface area contributed by atoms with Crippen LogP contribution in [-0.4, -0.2) is 30.5 Å². The zero-order valence-corrected chi connectivity index (χ0v) is 13.3. The first-order valence-corrected chi connectivity index (χ1v) is 7.60. The third kappa shape index (κ3) is 3.95. The van der Waals surface area contributed by atoms with E-state index >= 15 is 0 Å². The molecule has 1 amide bonds. The maximum Gasteiger partial charge on any atom is 0.260 e. The number of benzene rings is 1. The molecule has 0 aromatic heterocycles. The van der Waals surface area contributed by atoms with Crippen LogP contribution in [0.15, 0.2) is 22.7 Å². The third-order valence-corrected chi connectivity index (χ3v) is 4.09. The Morgan fingerprint density at radius 2 is 2.05 bits per heavy atom. The average molecular weight is 344 g/mol. The highest BCUT2D eigenvalue weighted by atomic mass is 79.9. The number of hydrogen-bond acceptors (Lipinski definition) is 2. The van der Waals surface area contributed by atoms with Gasteiger partial charge in [-0.3, -0.25) is 4.79 Å². The smallest absolute Gasteiger partial charge is 0.260 e. The lowest BCUT2D eigenvalue weighted by atomic mass is 9.92. The quantitative estimate of drug-likeness (QED) is 0.840. The van der Waals surface area contributed by atoms with E-state index in [0.29, 0.717) is 22.1 Å². The van der Waals surface area contributed by atoms with Gasteiger partial charge in [-0.2, -0.15) is 0 Å². The number of nitrogens with zero attached hydrogens (tertiary/aromatic N) is 1. The van der Waals surface area contributed by atoms with Gasteiger partial charge in [-0.25, -0.2) is 4.39 Å². The number of piperidine rings is 1. The maximum absolute atomic E-state index is 13.0. The van der Waals surface area contributed by atoms with Gasteiger partial charge in [0, 0.05) is 13.1 Å². The molecular weight excluding hydrogens is 325 g/mol. The minimum absolute atomic E-state index is 0.0102. The average Bonchev–Trinajstić information content (AvgIpc) is 2.36. The molecule has 2 unspecified atom stereocenters. The summed E-state index contributed by atoms with van der Waals surface area (Å²) in [4.78, 5) is 14.0. The van der Waals surface area contributed by atoms with Crippen molar-refractivity contribution in [3.8, 4) is 5.75 Å². The lowest BCUT2D eigenvalue weighted by Gasteiger charge is -2.34. The SMILES string of the molecule is CC1CC(C)CN(C(=O)COc2ccc(F)cc2Br)C1. The van der Waals surface area contributed by atoms with Crippen LogP contribution in [0.5, 0.6) is 5.75 Å². The first kappa shape index (κ1) is 15.3. The van der Waals surface area contributed by atoms with E-state index in [-0.39, 0.29) is 18.3 Å². The summed E-state index contributed by atoms with van der Waals surface area (Å²) in [7, 11) is 0. The van der Waals surface area contributed by atoms with Crippen molar-refractivity contribution < 1.29 is 13.9 Å². The molecule has 0 bridgehead atoms. The van der Waals surface area contributed by atoms with E-state index in [2.05, 4.69) is 29.8 Å². The fraction of sp³-hybridized carbons (Fsp3) is 0.533. The van der Waals surface area contributed by atoms with Crippen molar-refractivity contribution in [3.05, 3.63) is 28.5 Å². The van der Waals surface area contributed by atoms with Crippen LogP contribution in [0, 0.1) is 17.7 Å². The number of hydrogen-bond donors (Lipinski definition) is 0. The zero-order chi connectivity index (χ0) is 14.7. The van der Waals surface area contributed by atoms with Crippen LogP contribution in [0.3, 0.4) is 0 Å². The van der Waals surface area contributed by atoms with Gasteiger partial charge in [-0.1, -0.05) is 13.8 Å². The van der Waals surface area contributed by atoms with Crippen molar-refractivity contribution in [1.29, 1.82) is 0 Å². The summed E-state index contributed by atoms with van der Waals surface area (Å²) < 4.78 is 19.0. The molecule has 0 N–H and O–H groups in total. The molecule has 1 aliphatic rings. The molecule has 2 atom stereocenters. The maximum atomic E-state index is 13.0. The summed E-state index contributed by atoms with van der Waals surface area (Å²) in [5.74, 6) is 1.19. The van der Waals surface area contributed by atoms with Crippen LogP contribution >= 0.6 is 15.9 Å². The van der Waals surface area contributed by atoms with E-state index in [9.17, 15) is 9.18 Å². The predicted molar refractivity (Wildman–Crippen MR) is 79.1 cm³/mol. The van der Waals surface area contributed by atoms with Crippen LogP contribution in [-0.2, 0) is 4.79 Å². The van der Waals surface area contributed by atoms with E-state index in [1.165, 1.54) is 18.2 Å². The molecule has 3 nitrogen and oxygen atoms in total. The first-order chi connectivity index (χ1) is 9.45. The summed E-state index contributed by atoms with van der Waals surface area (Å²) in [5.41, 5.74) is 0. The Kier molecular flexibility index (Phi) is 5.02. The lowest BCUT2D eigenvalue weighted by molar-refractivity contribution is -0.136. The molecule has 0 saturated carbocycles. The van der Waals surface area contributed by atoms with Gasteiger partial charge in [-0.15, -0.1) is 0 Å². The standard InChI is InChI=1S/C15H19BrFNO2/c1-10-5-11(2)8-18(7-10)15(19)9-20-14-4-3-12(17)6-13(14)16/h3-4,6,10-11H,5,7-9H2,1-2H3. The zero-order valence-electron chi connectivity index (χ0n) is 11.7. The predicted octanol–water partition coefficient (Wildman–Crippen LogP) is 3.47. The van der Waals surface area contributed by atoms with Crippen LogP contribution < -0.4 is 4.74 Å². The number of amides is 1. The molecule has 2 rings (SSSR count). The summed E-state index contributed by atoms with van der Waals surface area (Å²) in [6.07, 6.45) is 1.16. The molecule has 1 heterocycles. The Labute approximate surface area is 127 Å². The van der Waals surface area contributed by atoms with Crippen molar-refractivity contribution in [2.75, 3.05) is 19.7 Å². The van der Waals surface area contributed by atoms with Gasteiger partial charge >= 0.3 is 0 Å². The fourth-order valence-corrected chi connectivity index (χ4v) is 3.15. The van der Waals surface area contributed by atoms with Gasteiger partial charge in [0.1, 0.15) is 11.6 Å². The van der Waals surface area contributed by atoms with E-state index in [1.807, 2.05) is 4.90 Å². The van der Waals surface area contributed by atoms with Crippen LogP contribution in [0.1, 0.15) is 20.3 Å². The number of halogens is 2. The second kappa shape index (κ2) is 6.57. The number of rotatable bonds is 3. The van der Waals surface area contributed by atoms with Crippen molar-refractivity contribution in [2.45, 2.75) is 20.3 Å². The van der Waals surface area contributed by atoms with Gasteiger partial charge in [0.25, 0.3) is 5.91 Å². The summed E-state index contributed by atoms with van der Waals surface area (Å²) in [5, 5.41) is 0. The molecule has 1 aromatic rings. The van der Waals surface area contributed by atoms with Gasteiger partial charge < -0.3 is 9.64 Å². The highest BCUT2D eigenvalue weighted by Crippen LogP contribution is 2.26. The normalized spacial score (nSPS) is 22.7. The fourth-order valence-electron chi connectivity index (χ4n) is 2.69. The largest absolute Gasteiger partial charge is 0.483 e. The Balaban J connectivity index is 1.91. The number of carbonyl (C=O) groups is 1. The van der Waals surface area contributed by atoms with Crippen LogP contribution in [0.2, 0.25) is 0 Å². The van der Waals surface area contributed by atoms with E-state index < -0.39 is 0 Å². The minimum atomic E-state index is -0.339. The Hall–Kier alpha value is -1.10. The molecule has 1 aliphatic heterocycles. The van der Waals surface area contributed by atoms with Gasteiger partial charge in [0.2, 0.25) is 0 Å². The number of ether oxygens (including phenoxy) is 1. The highest BCUT2D eigenvalue weighted by molar-refractivity contribution is 9.10. The monoisotopic (exact) mass is 343 g/mol. The van der Waals surface area contributed by atoms with Crippen molar-refractivity contribution >= 4 is 21.8 Å². The molecule has 1 saturated heterocycles. The molecule has 110 valence electrons. The summed E-state index contributed by atoms with van der Waals surface area (Å²) in [6, 6.07) is 4.16. The van der Waals surface area contributed by atoms with Crippen molar-refractivity contribution in [2.24, 2.45) is 11.8 Å². The van der Waals surface area contributed by atoms with Crippen molar-refractivity contribution in [3.63, 3.8) is 0 Å². The molecule has 0 radical (unpaired) electrons. The van der Waals surface area contributed by atoms with Gasteiger partial charge in [-0.05, 0) is 52.4 Å². The Morgan fingerprint density at radius 1 is 1.40 bits per heavy atom. The molecule has 5 heteroatoms. The summed E-state index contributed by atoms with van der Waals surface area (Å²) in [6.45, 7) is 5.89. The second-order valence-corrected chi connectivity index (χ2v) is 6.46. The second-order valence-electron chi connectivity index (χ2n) is 5.61. The molecule has 20 heavy (non-hydrogen) atoms. The van der Waals surface area contributed by atoms with Crippen LogP contribution in [0.4, 0.5) is 4.39 Å². The van der Waals surface area contributed by atoms with E-state index in [0.717, 1.165) is 19.5 Å². The van der Waals surface area contributed by atoms with E-state index in [1.54, 1.807) is 0 Å². The van der Waals surface area contributed by atoms with Gasteiger partial charge in [0.05, 0.1) is 4.47 Å². The minimum Gasteiger partial charge on any atom is -0.483 e. The number of carbonyl (C=O) groups excluding carboxylic acids is 1. The third-order valence-electron chi connectivity index (χ3n) is 3.47. The molecule has 1 aromatic carbocycles. The van der Waals surface area contributed by atoms with Crippen molar-refractivity contribution in [1.82, 2.24) is 4.90 Å². The van der Waals surface area contributed by atoms with E-state index in [4.69, 9.17) is 4.74 Å². The first-order valence-electron chi connectivity index (χ1n) is 6.81. The summed E-state index contributed by atoms with van der Waals surface area (Å²) >= 11 is 3.22. The highest BCUT2D eigenvalue weighted by Gasteiger charge is 2.25. The Morgan fingerprint density at radius 3 is 2.65 bits per heavy atom.